The summed E-state index contributed by atoms with van der Waals surface area (Å²) in [4.78, 5) is 14.1. The predicted octanol–water partition coefficient (Wildman–Crippen LogP) is 3.31. The Morgan fingerprint density at radius 3 is 2.38 bits per heavy atom. The number of hydrogen-bond acceptors (Lipinski definition) is 2. The van der Waals surface area contributed by atoms with Crippen LogP contribution >= 0.6 is 11.6 Å². The first-order valence-electron chi connectivity index (χ1n) is 7.17. The first kappa shape index (κ1) is 15.6. The monoisotopic (exact) mass is 305 g/mol. The van der Waals surface area contributed by atoms with Crippen molar-refractivity contribution in [3.63, 3.8) is 0 Å². The van der Waals surface area contributed by atoms with E-state index in [1.54, 1.807) is 11.1 Å². The molecule has 0 atom stereocenters. The van der Waals surface area contributed by atoms with Crippen LogP contribution in [0.1, 0.15) is 30.7 Å². The number of aromatic nitrogens is 2. The Bertz CT molecular complexity index is 573. The maximum absolute atomic E-state index is 12.3. The minimum Gasteiger partial charge on any atom is -0.305 e. The number of anilines is 1. The second kappa shape index (κ2) is 7.27. The van der Waals surface area contributed by atoms with Crippen LogP contribution in [0.2, 0.25) is 0 Å². The molecule has 0 radical (unpaired) electrons. The SMILES string of the molecule is CCc1cccc(CC)c1N(Cc1cc[nH]n1)C(=O)CCl. The molecule has 5 heteroatoms. The molecule has 1 heterocycles. The minimum absolute atomic E-state index is 0.0361. The highest BCUT2D eigenvalue weighted by molar-refractivity contribution is 6.29. The number of H-pyrrole nitrogens is 1. The Labute approximate surface area is 130 Å². The van der Waals surface area contributed by atoms with E-state index in [9.17, 15) is 4.79 Å². The lowest BCUT2D eigenvalue weighted by molar-refractivity contribution is -0.116. The summed E-state index contributed by atoms with van der Waals surface area (Å²) in [6.07, 6.45) is 3.50. The second-order valence-electron chi connectivity index (χ2n) is 4.81. The summed E-state index contributed by atoms with van der Waals surface area (Å²) in [7, 11) is 0. The number of hydrogen-bond donors (Lipinski definition) is 1. The number of carbonyl (C=O) groups is 1. The Morgan fingerprint density at radius 1 is 1.24 bits per heavy atom. The average molecular weight is 306 g/mol. The smallest absolute Gasteiger partial charge is 0.242 e. The molecule has 1 amide bonds. The van der Waals surface area contributed by atoms with Crippen molar-refractivity contribution in [3.05, 3.63) is 47.3 Å². The van der Waals surface area contributed by atoms with Crippen LogP contribution in [0.15, 0.2) is 30.5 Å². The number of halogens is 1. The maximum atomic E-state index is 12.3. The molecule has 1 aromatic carbocycles. The summed E-state index contributed by atoms with van der Waals surface area (Å²) < 4.78 is 0. The molecule has 0 saturated heterocycles. The van der Waals surface area contributed by atoms with Gasteiger partial charge in [-0.25, -0.2) is 0 Å². The topological polar surface area (TPSA) is 49.0 Å². The molecule has 1 aromatic heterocycles. The van der Waals surface area contributed by atoms with E-state index in [0.717, 1.165) is 35.3 Å². The molecule has 2 rings (SSSR count). The number of nitrogens with one attached hydrogen (secondary N) is 1. The molecular weight excluding hydrogens is 286 g/mol. The Morgan fingerprint density at radius 2 is 1.90 bits per heavy atom. The molecule has 0 bridgehead atoms. The predicted molar refractivity (Wildman–Crippen MR) is 85.7 cm³/mol. The van der Waals surface area contributed by atoms with Crippen LogP contribution in [-0.4, -0.2) is 22.0 Å². The lowest BCUT2D eigenvalue weighted by Gasteiger charge is -2.26. The zero-order valence-corrected chi connectivity index (χ0v) is 13.2. The van der Waals surface area contributed by atoms with Crippen LogP contribution in [0.4, 0.5) is 5.69 Å². The first-order valence-corrected chi connectivity index (χ1v) is 7.70. The molecule has 2 aromatic rings. The lowest BCUT2D eigenvalue weighted by atomic mass is 10.0. The molecule has 4 nitrogen and oxygen atoms in total. The van der Waals surface area contributed by atoms with E-state index in [2.05, 4.69) is 36.2 Å². The molecule has 0 spiro atoms. The summed E-state index contributed by atoms with van der Waals surface area (Å²) in [5, 5.41) is 6.93. The number of amides is 1. The van der Waals surface area contributed by atoms with Crippen molar-refractivity contribution in [1.29, 1.82) is 0 Å². The van der Waals surface area contributed by atoms with Crippen molar-refractivity contribution in [2.24, 2.45) is 0 Å². The molecule has 0 aliphatic heterocycles. The molecule has 112 valence electrons. The van der Waals surface area contributed by atoms with Crippen LogP contribution in [-0.2, 0) is 24.2 Å². The number of nitrogens with zero attached hydrogens (tertiary/aromatic N) is 2. The van der Waals surface area contributed by atoms with Gasteiger partial charge in [-0.15, -0.1) is 11.6 Å². The van der Waals surface area contributed by atoms with Gasteiger partial charge in [-0.3, -0.25) is 9.89 Å². The fourth-order valence-electron chi connectivity index (χ4n) is 2.47. The van der Waals surface area contributed by atoms with E-state index in [1.165, 1.54) is 0 Å². The van der Waals surface area contributed by atoms with Gasteiger partial charge < -0.3 is 4.90 Å². The quantitative estimate of drug-likeness (QED) is 0.832. The summed E-state index contributed by atoms with van der Waals surface area (Å²) in [5.41, 5.74) is 4.12. The van der Waals surface area contributed by atoms with E-state index in [0.29, 0.717) is 6.54 Å². The molecule has 0 fully saturated rings. The summed E-state index contributed by atoms with van der Waals surface area (Å²) in [5.74, 6) is -0.138. The fourth-order valence-corrected chi connectivity index (χ4v) is 2.61. The van der Waals surface area contributed by atoms with E-state index in [-0.39, 0.29) is 11.8 Å². The van der Waals surface area contributed by atoms with Gasteiger partial charge in [-0.05, 0) is 30.0 Å². The third-order valence-electron chi connectivity index (χ3n) is 3.53. The largest absolute Gasteiger partial charge is 0.305 e. The van der Waals surface area contributed by atoms with Gasteiger partial charge in [0.05, 0.1) is 17.9 Å². The van der Waals surface area contributed by atoms with Gasteiger partial charge in [0, 0.05) is 6.20 Å². The number of carbonyl (C=O) groups excluding carboxylic acids is 1. The molecule has 0 aliphatic rings. The van der Waals surface area contributed by atoms with E-state index in [4.69, 9.17) is 11.6 Å². The summed E-state index contributed by atoms with van der Waals surface area (Å²) in [6, 6.07) is 8.04. The van der Waals surface area contributed by atoms with Gasteiger partial charge in [0.1, 0.15) is 5.88 Å². The van der Waals surface area contributed by atoms with Gasteiger partial charge in [0.15, 0.2) is 0 Å². The maximum Gasteiger partial charge on any atom is 0.242 e. The van der Waals surface area contributed by atoms with Crippen molar-refractivity contribution in [2.45, 2.75) is 33.2 Å². The van der Waals surface area contributed by atoms with Crippen molar-refractivity contribution in [2.75, 3.05) is 10.8 Å². The lowest BCUT2D eigenvalue weighted by Crippen LogP contribution is -2.33. The zero-order chi connectivity index (χ0) is 15.2. The number of para-hydroxylation sites is 1. The minimum atomic E-state index is -0.102. The summed E-state index contributed by atoms with van der Waals surface area (Å²) in [6.45, 7) is 4.62. The van der Waals surface area contributed by atoms with Crippen LogP contribution in [0.25, 0.3) is 0 Å². The van der Waals surface area contributed by atoms with E-state index in [1.807, 2.05) is 12.1 Å². The fraction of sp³-hybridized carbons (Fsp3) is 0.375. The molecule has 1 N–H and O–H groups in total. The van der Waals surface area contributed by atoms with E-state index >= 15 is 0 Å². The van der Waals surface area contributed by atoms with Gasteiger partial charge in [-0.1, -0.05) is 32.0 Å². The zero-order valence-electron chi connectivity index (χ0n) is 12.4. The third-order valence-corrected chi connectivity index (χ3v) is 3.76. The molecule has 0 unspecified atom stereocenters. The van der Waals surface area contributed by atoms with Gasteiger partial charge >= 0.3 is 0 Å². The van der Waals surface area contributed by atoms with Gasteiger partial charge in [0.2, 0.25) is 5.91 Å². The normalized spacial score (nSPS) is 10.6. The van der Waals surface area contributed by atoms with Gasteiger partial charge in [0.25, 0.3) is 0 Å². The molecular formula is C16H20ClN3O. The number of aromatic amines is 1. The summed E-state index contributed by atoms with van der Waals surface area (Å²) >= 11 is 5.81. The highest BCUT2D eigenvalue weighted by atomic mass is 35.5. The highest BCUT2D eigenvalue weighted by Crippen LogP contribution is 2.28. The Balaban J connectivity index is 2.47. The van der Waals surface area contributed by atoms with Crippen LogP contribution in [0.3, 0.4) is 0 Å². The van der Waals surface area contributed by atoms with E-state index < -0.39 is 0 Å². The number of rotatable bonds is 6. The van der Waals surface area contributed by atoms with Crippen LogP contribution < -0.4 is 4.90 Å². The molecule has 0 saturated carbocycles. The standard InChI is InChI=1S/C16H20ClN3O/c1-3-12-6-5-7-13(4-2)16(12)20(15(21)10-17)11-14-8-9-18-19-14/h5-9H,3-4,10-11H2,1-2H3,(H,18,19). The van der Waals surface area contributed by atoms with Crippen molar-refractivity contribution >= 4 is 23.2 Å². The van der Waals surface area contributed by atoms with Gasteiger partial charge in [-0.2, -0.15) is 5.10 Å². The van der Waals surface area contributed by atoms with Crippen LogP contribution in [0, 0.1) is 0 Å². The number of aryl methyl sites for hydroxylation is 2. The highest BCUT2D eigenvalue weighted by Gasteiger charge is 2.21. The number of alkyl halides is 1. The Hall–Kier alpha value is -1.81. The molecule has 0 aliphatic carbocycles. The van der Waals surface area contributed by atoms with Crippen molar-refractivity contribution in [3.8, 4) is 0 Å². The van der Waals surface area contributed by atoms with Crippen molar-refractivity contribution < 1.29 is 4.79 Å². The van der Waals surface area contributed by atoms with Crippen LogP contribution in [0.5, 0.6) is 0 Å². The second-order valence-corrected chi connectivity index (χ2v) is 5.08. The van der Waals surface area contributed by atoms with Crippen molar-refractivity contribution in [1.82, 2.24) is 10.2 Å². The first-order chi connectivity index (χ1) is 10.2. The third kappa shape index (κ3) is 3.45. The Kier molecular flexibility index (Phi) is 5.39. The molecule has 21 heavy (non-hydrogen) atoms. The number of benzene rings is 1. The average Bonchev–Trinajstić information content (AvgIpc) is 3.04.